The number of benzene rings is 2. The van der Waals surface area contributed by atoms with Crippen molar-refractivity contribution in [2.24, 2.45) is 11.8 Å². The molecule has 278 valence electrons. The lowest BCUT2D eigenvalue weighted by molar-refractivity contribution is -0.142. The van der Waals surface area contributed by atoms with E-state index < -0.39 is 56.7 Å². The van der Waals surface area contributed by atoms with Crippen molar-refractivity contribution in [1.82, 2.24) is 20.3 Å². The maximum atomic E-state index is 14.7. The molecule has 3 amide bonds. The Morgan fingerprint density at radius 1 is 0.981 bits per heavy atom. The van der Waals surface area contributed by atoms with Crippen molar-refractivity contribution in [1.29, 1.82) is 0 Å². The molecule has 5 atom stereocenters. The van der Waals surface area contributed by atoms with Gasteiger partial charge in [-0.3, -0.25) is 19.1 Å². The number of ether oxygens (including phenoxy) is 1. The van der Waals surface area contributed by atoms with Crippen LogP contribution in [0.1, 0.15) is 88.2 Å². The van der Waals surface area contributed by atoms with Crippen LogP contribution in [0.25, 0.3) is 17.2 Å². The summed E-state index contributed by atoms with van der Waals surface area (Å²) < 4.78 is 34.1. The van der Waals surface area contributed by atoms with Crippen LogP contribution < -0.4 is 15.4 Å². The first-order valence-corrected chi connectivity index (χ1v) is 20.7. The first-order chi connectivity index (χ1) is 25.2. The number of hydrogen-bond donors (Lipinski definition) is 3. The zero-order valence-electron chi connectivity index (χ0n) is 29.9. The Morgan fingerprint density at radius 2 is 1.75 bits per heavy atom. The van der Waals surface area contributed by atoms with Gasteiger partial charge in [0.15, 0.2) is 0 Å². The predicted molar refractivity (Wildman–Crippen MR) is 201 cm³/mol. The van der Waals surface area contributed by atoms with E-state index in [9.17, 15) is 22.8 Å². The molecule has 10 nitrogen and oxygen atoms in total. The van der Waals surface area contributed by atoms with Crippen LogP contribution in [0.2, 0.25) is 0 Å². The highest BCUT2D eigenvalue weighted by Gasteiger charge is 2.62. The molecule has 1 saturated heterocycles. The molecule has 0 spiro atoms. The van der Waals surface area contributed by atoms with Gasteiger partial charge in [-0.1, -0.05) is 73.9 Å². The molecule has 4 fully saturated rings. The molecule has 2 heterocycles. The van der Waals surface area contributed by atoms with Gasteiger partial charge < -0.3 is 20.3 Å². The van der Waals surface area contributed by atoms with Gasteiger partial charge in [0.1, 0.15) is 11.6 Å². The minimum Gasteiger partial charge on any atom is -0.372 e. The Bertz CT molecular complexity index is 1800. The van der Waals surface area contributed by atoms with Gasteiger partial charge in [0.2, 0.25) is 21.8 Å². The van der Waals surface area contributed by atoms with Crippen molar-refractivity contribution in [3.05, 3.63) is 78.4 Å². The molecular weight excluding hydrogens is 677 g/mol. The number of fused-ring (bicyclic) bond motifs is 7. The highest BCUT2D eigenvalue weighted by atomic mass is 32.2. The third-order valence-electron chi connectivity index (χ3n) is 11.6. The Morgan fingerprint density at radius 3 is 2.50 bits per heavy atom. The highest BCUT2D eigenvalue weighted by molar-refractivity contribution is 7.91. The number of amides is 3. The van der Waals surface area contributed by atoms with Crippen molar-refractivity contribution >= 4 is 33.8 Å². The summed E-state index contributed by atoms with van der Waals surface area (Å²) in [6.45, 7) is 5.07. The summed E-state index contributed by atoms with van der Waals surface area (Å²) in [7, 11) is -3.82. The molecule has 0 aromatic heterocycles. The number of carbonyl (C=O) groups excluding carboxylic acids is 3. The standard InChI is InChI=1S/C41H52N4O6S/c1-2-33-25-41(33,40(48)44-52(49,50)35-19-20-35)43-38(46)36-24-34-26-45(36)39(47)37(30-15-7-5-8-16-30)42-21-9-4-3-6-12-28-13-10-17-31(22-28)32-18-11-14-29(23-32)27-51-34/h2,6,10-14,17-18,22-23,30,33-37,42H,1,3-5,7-9,15-16,19-21,24-27H2,(H,43,46)(H,44,48)/b12-6+/t33-,34-,36+,37+,41-/m1/s1. The van der Waals surface area contributed by atoms with E-state index in [0.29, 0.717) is 26.0 Å². The number of allylic oxidation sites excluding steroid dienone is 1. The maximum Gasteiger partial charge on any atom is 0.259 e. The van der Waals surface area contributed by atoms with Crippen molar-refractivity contribution in [2.75, 3.05) is 13.1 Å². The summed E-state index contributed by atoms with van der Waals surface area (Å²) >= 11 is 0. The van der Waals surface area contributed by atoms with Gasteiger partial charge >= 0.3 is 0 Å². The maximum absolute atomic E-state index is 14.7. The van der Waals surface area contributed by atoms with Crippen LogP contribution >= 0.6 is 0 Å². The van der Waals surface area contributed by atoms with Crippen LogP contribution in [0, 0.1) is 11.8 Å². The van der Waals surface area contributed by atoms with Crippen LogP contribution in [0.3, 0.4) is 0 Å². The van der Waals surface area contributed by atoms with Crippen LogP contribution in [0.5, 0.6) is 0 Å². The summed E-state index contributed by atoms with van der Waals surface area (Å²) in [6.07, 6.45) is 15.1. The summed E-state index contributed by atoms with van der Waals surface area (Å²) in [5.41, 5.74) is 2.91. The Balaban J connectivity index is 1.15. The zero-order chi connectivity index (χ0) is 36.3. The normalized spacial score (nSPS) is 29.5. The van der Waals surface area contributed by atoms with Gasteiger partial charge in [0.05, 0.1) is 24.0 Å². The largest absolute Gasteiger partial charge is 0.372 e. The number of rotatable bonds is 7. The summed E-state index contributed by atoms with van der Waals surface area (Å²) in [5.74, 6) is -1.58. The van der Waals surface area contributed by atoms with Crippen LogP contribution in [-0.2, 0) is 35.8 Å². The lowest BCUT2D eigenvalue weighted by Gasteiger charge is -2.35. The topological polar surface area (TPSA) is 134 Å². The number of hydrogen-bond acceptors (Lipinski definition) is 7. The van der Waals surface area contributed by atoms with Crippen molar-refractivity contribution in [2.45, 2.75) is 113 Å². The van der Waals surface area contributed by atoms with E-state index >= 15 is 0 Å². The van der Waals surface area contributed by atoms with Crippen LogP contribution in [0.15, 0.2) is 67.3 Å². The van der Waals surface area contributed by atoms with E-state index in [-0.39, 0.29) is 31.2 Å². The monoisotopic (exact) mass is 728 g/mol. The SMILES string of the molecule is C=C[C@@H]1C[C@]1(NC(=O)[C@@H]1C[C@@H]2CN1C(=O)[C@H](C1CCCCC1)NCCCC/C=C/c1cccc(c1)-c1cccc(c1)CO2)C(=O)NS(=O)(=O)C1CC1. The smallest absolute Gasteiger partial charge is 0.259 e. The fourth-order valence-electron chi connectivity index (χ4n) is 8.27. The first-order valence-electron chi connectivity index (χ1n) is 19.2. The van der Waals surface area contributed by atoms with Crippen molar-refractivity contribution < 1.29 is 27.5 Å². The zero-order valence-corrected chi connectivity index (χ0v) is 30.8. The van der Waals surface area contributed by atoms with E-state index in [4.69, 9.17) is 4.74 Å². The van der Waals surface area contributed by atoms with E-state index in [2.05, 4.69) is 70.5 Å². The summed E-state index contributed by atoms with van der Waals surface area (Å²) in [5, 5.41) is 5.96. The molecule has 7 rings (SSSR count). The minimum absolute atomic E-state index is 0.112. The molecule has 5 aliphatic rings. The second-order valence-corrected chi connectivity index (χ2v) is 17.4. The average molecular weight is 729 g/mol. The Labute approximate surface area is 307 Å². The third kappa shape index (κ3) is 8.21. The minimum atomic E-state index is -3.82. The Kier molecular flexibility index (Phi) is 11.0. The van der Waals surface area contributed by atoms with E-state index in [1.807, 2.05) is 12.1 Å². The molecule has 3 N–H and O–H groups in total. The molecule has 11 heteroatoms. The van der Waals surface area contributed by atoms with Gasteiger partial charge in [0.25, 0.3) is 5.91 Å². The number of sulfonamides is 1. The molecule has 52 heavy (non-hydrogen) atoms. The second kappa shape index (κ2) is 15.7. The van der Waals surface area contributed by atoms with Gasteiger partial charge in [-0.05, 0) is 98.2 Å². The molecule has 3 saturated carbocycles. The number of carbonyl (C=O) groups is 3. The van der Waals surface area contributed by atoms with E-state index in [1.165, 1.54) is 0 Å². The van der Waals surface area contributed by atoms with E-state index in [1.54, 1.807) is 11.0 Å². The quantitative estimate of drug-likeness (QED) is 0.332. The number of nitrogens with zero attached hydrogens (tertiary/aromatic N) is 1. The summed E-state index contributed by atoms with van der Waals surface area (Å²) in [6, 6.07) is 15.4. The molecule has 0 radical (unpaired) electrons. The highest BCUT2D eigenvalue weighted by Crippen LogP contribution is 2.45. The summed E-state index contributed by atoms with van der Waals surface area (Å²) in [4.78, 5) is 44.1. The van der Waals surface area contributed by atoms with Crippen LogP contribution in [0.4, 0.5) is 0 Å². The lowest BCUT2D eigenvalue weighted by atomic mass is 9.83. The van der Waals surface area contributed by atoms with Crippen molar-refractivity contribution in [3.63, 3.8) is 0 Å². The third-order valence-corrected chi connectivity index (χ3v) is 13.4. The van der Waals surface area contributed by atoms with Crippen molar-refractivity contribution in [3.8, 4) is 11.1 Å². The molecular formula is C41H52N4O6S. The molecule has 2 aromatic rings. The van der Waals surface area contributed by atoms with Gasteiger partial charge in [-0.15, -0.1) is 6.58 Å². The molecule has 2 aromatic carbocycles. The molecule has 0 unspecified atom stereocenters. The fraction of sp³-hybridized carbons (Fsp3) is 0.537. The number of nitrogens with one attached hydrogen (secondary N) is 3. The first kappa shape index (κ1) is 36.6. The fourth-order valence-corrected chi connectivity index (χ4v) is 9.64. The van der Waals surface area contributed by atoms with Crippen LogP contribution in [-0.4, -0.2) is 73.1 Å². The lowest BCUT2D eigenvalue weighted by Crippen LogP contribution is -2.59. The molecule has 2 aliphatic heterocycles. The second-order valence-electron chi connectivity index (χ2n) is 15.4. The Hall–Kier alpha value is -3.80. The van der Waals surface area contributed by atoms with Gasteiger partial charge in [-0.25, -0.2) is 8.42 Å². The average Bonchev–Trinajstić information content (AvgIpc) is 4.08. The molecule has 6 bridgehead atoms. The van der Waals surface area contributed by atoms with E-state index in [0.717, 1.165) is 73.6 Å². The van der Waals surface area contributed by atoms with Gasteiger partial charge in [-0.2, -0.15) is 0 Å². The van der Waals surface area contributed by atoms with Gasteiger partial charge in [0, 0.05) is 18.9 Å². The molecule has 3 aliphatic carbocycles. The predicted octanol–water partition coefficient (Wildman–Crippen LogP) is 5.24.